The van der Waals surface area contributed by atoms with Crippen molar-refractivity contribution in [2.24, 2.45) is 0 Å². The van der Waals surface area contributed by atoms with Crippen LogP contribution in [0.5, 0.6) is 0 Å². The zero-order chi connectivity index (χ0) is 19.9. The summed E-state index contributed by atoms with van der Waals surface area (Å²) in [7, 11) is 0. The van der Waals surface area contributed by atoms with Crippen LogP contribution in [0.4, 0.5) is 22.7 Å². The molecule has 0 bridgehead atoms. The molecule has 144 valence electrons. The van der Waals surface area contributed by atoms with Gasteiger partial charge in [-0.15, -0.1) is 0 Å². The molecule has 2 aromatic carbocycles. The van der Waals surface area contributed by atoms with Crippen LogP contribution in [0.1, 0.15) is 0 Å². The summed E-state index contributed by atoms with van der Waals surface area (Å²) in [4.78, 5) is 20.4. The van der Waals surface area contributed by atoms with Gasteiger partial charge in [-0.1, -0.05) is 0 Å². The van der Waals surface area contributed by atoms with Gasteiger partial charge in [0.05, 0.1) is 16.3 Å². The maximum Gasteiger partial charge on any atom is 0.293 e. The molecule has 0 saturated carbocycles. The number of aromatic nitrogens is 2. The molecule has 3 aromatic rings. The van der Waals surface area contributed by atoms with Crippen molar-refractivity contribution >= 4 is 57.6 Å². The number of anilines is 3. The Hall–Kier alpha value is -3.80. The van der Waals surface area contributed by atoms with Gasteiger partial charge in [0.1, 0.15) is 6.61 Å². The summed E-state index contributed by atoms with van der Waals surface area (Å²) >= 11 is 5.27. The van der Waals surface area contributed by atoms with E-state index in [1.807, 2.05) is 0 Å². The van der Waals surface area contributed by atoms with Crippen LogP contribution in [0.3, 0.4) is 0 Å². The number of carbonyl (C=O) groups excluding carboxylic acids is 1. The third-order valence-electron chi connectivity index (χ3n) is 3.60. The number of thiocarbonyl (C=S) groups is 1. The van der Waals surface area contributed by atoms with Gasteiger partial charge in [0.25, 0.3) is 12.2 Å². The van der Waals surface area contributed by atoms with Crippen LogP contribution in [0.25, 0.3) is 11.0 Å². The van der Waals surface area contributed by atoms with Gasteiger partial charge >= 0.3 is 0 Å². The number of ether oxygens (including phenoxy) is 1. The molecule has 0 unspecified atom stereocenters. The second-order valence-corrected chi connectivity index (χ2v) is 5.81. The van der Waals surface area contributed by atoms with Crippen LogP contribution in [-0.4, -0.2) is 40.0 Å². The van der Waals surface area contributed by atoms with Crippen LogP contribution in [0.2, 0.25) is 0 Å². The Morgan fingerprint density at radius 1 is 1.14 bits per heavy atom. The Balaban J connectivity index is 1.68. The molecular formula is C16H14N6O5S. The highest BCUT2D eigenvalue weighted by Gasteiger charge is 2.13. The number of fused-ring (bicyclic) bond motifs is 1. The number of non-ortho nitro benzene ring substituents is 1. The van der Waals surface area contributed by atoms with Crippen molar-refractivity contribution < 1.29 is 19.1 Å². The third kappa shape index (κ3) is 4.48. The average Bonchev–Trinajstić information content (AvgIpc) is 3.17. The normalized spacial score (nSPS) is 10.3. The molecular weight excluding hydrogens is 388 g/mol. The zero-order valence-corrected chi connectivity index (χ0v) is 15.1. The minimum Gasteiger partial charge on any atom is -0.466 e. The summed E-state index contributed by atoms with van der Waals surface area (Å²) in [6, 6.07) is 9.34. The Morgan fingerprint density at radius 2 is 1.82 bits per heavy atom. The fraction of sp³-hybridized carbons (Fsp3) is 0.125. The summed E-state index contributed by atoms with van der Waals surface area (Å²) in [5.41, 5.74) is 2.73. The number of nitro benzene ring substituents is 1. The summed E-state index contributed by atoms with van der Waals surface area (Å²) in [6.45, 7) is 0.980. The van der Waals surface area contributed by atoms with Gasteiger partial charge < -0.3 is 20.7 Å². The van der Waals surface area contributed by atoms with Gasteiger partial charge in [-0.3, -0.25) is 14.9 Å². The minimum absolute atomic E-state index is 0.0126. The van der Waals surface area contributed by atoms with Crippen molar-refractivity contribution in [2.45, 2.75) is 0 Å². The van der Waals surface area contributed by atoms with Crippen molar-refractivity contribution in [1.29, 1.82) is 0 Å². The number of hydrogen-bond donors (Lipinski definition) is 3. The molecule has 0 saturated heterocycles. The number of nitrogens with one attached hydrogen (secondary N) is 3. The predicted octanol–water partition coefficient (Wildman–Crippen LogP) is 2.52. The second kappa shape index (κ2) is 8.73. The molecule has 1 heterocycles. The lowest BCUT2D eigenvalue weighted by Crippen LogP contribution is -2.19. The molecule has 0 aliphatic heterocycles. The van der Waals surface area contributed by atoms with E-state index in [0.717, 1.165) is 0 Å². The van der Waals surface area contributed by atoms with Crippen molar-refractivity contribution in [2.75, 3.05) is 29.1 Å². The van der Waals surface area contributed by atoms with E-state index in [-0.39, 0.29) is 17.4 Å². The third-order valence-corrected chi connectivity index (χ3v) is 3.81. The molecule has 0 atom stereocenters. The molecule has 0 aliphatic rings. The summed E-state index contributed by atoms with van der Waals surface area (Å²) in [5.74, 6) is 0. The molecule has 3 N–H and O–H groups in total. The largest absolute Gasteiger partial charge is 0.466 e. The molecule has 0 aliphatic carbocycles. The van der Waals surface area contributed by atoms with Crippen LogP contribution in [0, 0.1) is 10.1 Å². The molecule has 12 heteroatoms. The topological polar surface area (TPSA) is 144 Å². The van der Waals surface area contributed by atoms with Crippen molar-refractivity contribution in [1.82, 2.24) is 10.3 Å². The minimum atomic E-state index is -0.477. The first-order valence-corrected chi connectivity index (χ1v) is 8.36. The van der Waals surface area contributed by atoms with Gasteiger partial charge in [-0.05, 0) is 46.8 Å². The predicted molar refractivity (Wildman–Crippen MR) is 105 cm³/mol. The molecule has 11 nitrogen and oxygen atoms in total. The molecule has 0 fully saturated rings. The number of hydrogen-bond acceptors (Lipinski definition) is 9. The second-order valence-electron chi connectivity index (χ2n) is 5.40. The van der Waals surface area contributed by atoms with Gasteiger partial charge in [-0.25, -0.2) is 4.63 Å². The van der Waals surface area contributed by atoms with Crippen molar-refractivity contribution in [3.8, 4) is 0 Å². The summed E-state index contributed by atoms with van der Waals surface area (Å²) in [6.07, 6.45) is 0. The Bertz CT molecular complexity index is 1010. The standard InChI is InChI=1S/C16H14N6O5S/c23-9-26-8-7-17-12-5-6-13(15-14(12)20-27-21-15)19-16(28)18-10-1-3-11(4-2-10)22(24)25/h1-6,9,17H,7-8H2,(H2,18,19,28). The Kier molecular flexibility index (Phi) is 5.91. The number of nitrogens with zero attached hydrogens (tertiary/aromatic N) is 3. The average molecular weight is 402 g/mol. The van der Waals surface area contributed by atoms with Crippen LogP contribution in [-0.2, 0) is 9.53 Å². The maximum atomic E-state index is 10.7. The van der Waals surface area contributed by atoms with Crippen LogP contribution >= 0.6 is 12.2 Å². The Morgan fingerprint density at radius 3 is 2.50 bits per heavy atom. The first kappa shape index (κ1) is 19.0. The molecule has 0 spiro atoms. The maximum absolute atomic E-state index is 10.7. The highest BCUT2D eigenvalue weighted by Crippen LogP contribution is 2.27. The molecule has 0 amide bonds. The lowest BCUT2D eigenvalue weighted by Gasteiger charge is -2.12. The van der Waals surface area contributed by atoms with Gasteiger partial charge in [-0.2, -0.15) is 0 Å². The van der Waals surface area contributed by atoms with E-state index < -0.39 is 4.92 Å². The van der Waals surface area contributed by atoms with E-state index in [0.29, 0.717) is 41.1 Å². The number of carbonyl (C=O) groups is 1. The fourth-order valence-electron chi connectivity index (χ4n) is 2.35. The number of nitro groups is 1. The fourth-order valence-corrected chi connectivity index (χ4v) is 2.58. The van der Waals surface area contributed by atoms with Crippen LogP contribution < -0.4 is 16.0 Å². The molecule has 1 aromatic heterocycles. The zero-order valence-electron chi connectivity index (χ0n) is 14.2. The van der Waals surface area contributed by atoms with Gasteiger partial charge in [0.2, 0.25) is 0 Å². The first-order valence-electron chi connectivity index (χ1n) is 7.95. The summed E-state index contributed by atoms with van der Waals surface area (Å²) in [5, 5.41) is 27.7. The van der Waals surface area contributed by atoms with Gasteiger partial charge in [0, 0.05) is 24.4 Å². The SMILES string of the molecule is O=COCCNc1ccc(NC(=S)Nc2ccc([N+](=O)[O-])cc2)c2nonc12. The van der Waals surface area contributed by atoms with E-state index in [9.17, 15) is 14.9 Å². The smallest absolute Gasteiger partial charge is 0.293 e. The van der Waals surface area contributed by atoms with E-state index in [1.165, 1.54) is 12.1 Å². The number of benzene rings is 2. The van der Waals surface area contributed by atoms with Gasteiger partial charge in [0.15, 0.2) is 16.1 Å². The van der Waals surface area contributed by atoms with E-state index in [4.69, 9.17) is 16.8 Å². The van der Waals surface area contributed by atoms with E-state index >= 15 is 0 Å². The highest BCUT2D eigenvalue weighted by molar-refractivity contribution is 7.80. The van der Waals surface area contributed by atoms with E-state index in [1.54, 1.807) is 24.3 Å². The van der Waals surface area contributed by atoms with E-state index in [2.05, 4.69) is 31.0 Å². The lowest BCUT2D eigenvalue weighted by molar-refractivity contribution is -0.384. The highest BCUT2D eigenvalue weighted by atomic mass is 32.1. The molecule has 0 radical (unpaired) electrons. The summed E-state index contributed by atoms with van der Waals surface area (Å²) < 4.78 is 9.44. The first-order chi connectivity index (χ1) is 13.6. The Labute approximate surface area is 163 Å². The molecule has 3 rings (SSSR count). The van der Waals surface area contributed by atoms with Crippen molar-refractivity contribution in [3.05, 3.63) is 46.5 Å². The van der Waals surface area contributed by atoms with Crippen LogP contribution in [0.15, 0.2) is 41.0 Å². The van der Waals surface area contributed by atoms with Crippen molar-refractivity contribution in [3.63, 3.8) is 0 Å². The number of rotatable bonds is 8. The molecule has 28 heavy (non-hydrogen) atoms. The lowest BCUT2D eigenvalue weighted by atomic mass is 10.2. The monoisotopic (exact) mass is 402 g/mol. The quantitative estimate of drug-likeness (QED) is 0.168.